The number of halogens is 1. The maximum absolute atomic E-state index is 12.6. The first kappa shape index (κ1) is 18.0. The summed E-state index contributed by atoms with van der Waals surface area (Å²) < 4.78 is 0. The molecule has 2 aliphatic rings. The van der Waals surface area contributed by atoms with E-state index in [4.69, 9.17) is 16.7 Å². The number of likely N-dealkylation sites (tertiary alicyclic amines) is 1. The minimum Gasteiger partial charge on any atom is -0.507 e. The van der Waals surface area contributed by atoms with E-state index in [0.29, 0.717) is 24.0 Å². The summed E-state index contributed by atoms with van der Waals surface area (Å²) in [5.41, 5.74) is 6.48. The Kier molecular flexibility index (Phi) is 5.46. The molecule has 0 spiro atoms. The van der Waals surface area contributed by atoms with Gasteiger partial charge in [-0.25, -0.2) is 0 Å². The summed E-state index contributed by atoms with van der Waals surface area (Å²) in [5, 5.41) is 19.2. The molecule has 7 nitrogen and oxygen atoms in total. The topological polar surface area (TPSA) is 102 Å². The average Bonchev–Trinajstić information content (AvgIpc) is 3.04. The fourth-order valence-electron chi connectivity index (χ4n) is 3.66. The van der Waals surface area contributed by atoms with Gasteiger partial charge in [-0.05, 0) is 43.4 Å². The lowest BCUT2D eigenvalue weighted by molar-refractivity contribution is -0.137. The van der Waals surface area contributed by atoms with E-state index in [9.17, 15) is 14.7 Å². The number of carboxylic acid groups (broad SMARTS) is 1. The van der Waals surface area contributed by atoms with Gasteiger partial charge in [-0.15, -0.1) is 0 Å². The zero-order chi connectivity index (χ0) is 18.0. The van der Waals surface area contributed by atoms with Crippen molar-refractivity contribution in [2.24, 2.45) is 5.92 Å². The van der Waals surface area contributed by atoms with Crippen LogP contribution in [0.3, 0.4) is 0 Å². The first-order valence-electron chi connectivity index (χ1n) is 8.44. The number of amides is 1. The number of carboxylic acids is 1. The fraction of sp³-hybridized carbons (Fsp3) is 0.529. The molecule has 0 aromatic heterocycles. The van der Waals surface area contributed by atoms with Gasteiger partial charge in [0.15, 0.2) is 0 Å². The third-order valence-electron chi connectivity index (χ3n) is 5.02. The molecular weight excluding hydrogens is 346 g/mol. The number of benzene rings is 1. The monoisotopic (exact) mass is 367 g/mol. The van der Waals surface area contributed by atoms with Crippen LogP contribution < -0.4 is 10.9 Å². The highest BCUT2D eigenvalue weighted by Gasteiger charge is 2.34. The highest BCUT2D eigenvalue weighted by atomic mass is 35.5. The number of phenolic OH excluding ortho intramolecular Hbond substituents is 1. The van der Waals surface area contributed by atoms with Crippen LogP contribution in [-0.4, -0.2) is 52.2 Å². The Morgan fingerprint density at radius 3 is 2.64 bits per heavy atom. The van der Waals surface area contributed by atoms with Crippen LogP contribution in [-0.2, 0) is 4.79 Å². The highest BCUT2D eigenvalue weighted by Crippen LogP contribution is 2.28. The van der Waals surface area contributed by atoms with Gasteiger partial charge >= 0.3 is 5.97 Å². The van der Waals surface area contributed by atoms with E-state index < -0.39 is 5.97 Å². The Morgan fingerprint density at radius 1 is 1.24 bits per heavy atom. The van der Waals surface area contributed by atoms with Gasteiger partial charge in [-0.3, -0.25) is 20.4 Å². The molecule has 2 unspecified atom stereocenters. The van der Waals surface area contributed by atoms with Crippen LogP contribution in [0, 0.1) is 5.92 Å². The summed E-state index contributed by atoms with van der Waals surface area (Å²) in [5.74, 6) is -0.681. The van der Waals surface area contributed by atoms with Crippen molar-refractivity contribution in [1.82, 2.24) is 15.8 Å². The molecule has 2 heterocycles. The zero-order valence-electron chi connectivity index (χ0n) is 13.7. The molecule has 8 heteroatoms. The highest BCUT2D eigenvalue weighted by molar-refractivity contribution is 6.31. The molecule has 136 valence electrons. The number of carbonyl (C=O) groups excluding carboxylic acids is 1. The predicted octanol–water partition coefficient (Wildman–Crippen LogP) is 1.61. The Balaban J connectivity index is 1.54. The van der Waals surface area contributed by atoms with Crippen LogP contribution in [0.2, 0.25) is 5.02 Å². The van der Waals surface area contributed by atoms with E-state index >= 15 is 0 Å². The summed E-state index contributed by atoms with van der Waals surface area (Å²) in [7, 11) is 0. The molecule has 1 amide bonds. The minimum absolute atomic E-state index is 0.0504. The van der Waals surface area contributed by atoms with Gasteiger partial charge in [-0.1, -0.05) is 11.6 Å². The Hall–Kier alpha value is -1.83. The van der Waals surface area contributed by atoms with Crippen molar-refractivity contribution in [3.63, 3.8) is 0 Å². The van der Waals surface area contributed by atoms with Crippen LogP contribution in [0.15, 0.2) is 18.2 Å². The van der Waals surface area contributed by atoms with E-state index in [1.54, 1.807) is 11.0 Å². The first-order chi connectivity index (χ1) is 11.9. The predicted molar refractivity (Wildman–Crippen MR) is 92.5 cm³/mol. The first-order valence-corrected chi connectivity index (χ1v) is 8.82. The van der Waals surface area contributed by atoms with Crippen LogP contribution in [0.1, 0.15) is 36.0 Å². The van der Waals surface area contributed by atoms with Crippen molar-refractivity contribution in [2.75, 3.05) is 13.1 Å². The van der Waals surface area contributed by atoms with Crippen molar-refractivity contribution in [3.05, 3.63) is 28.8 Å². The second kappa shape index (κ2) is 7.59. The molecule has 2 fully saturated rings. The van der Waals surface area contributed by atoms with E-state index in [-0.39, 0.29) is 35.7 Å². The minimum atomic E-state index is -0.804. The zero-order valence-corrected chi connectivity index (χ0v) is 14.5. The summed E-state index contributed by atoms with van der Waals surface area (Å²) in [6.45, 7) is 1.22. The molecule has 4 N–H and O–H groups in total. The number of rotatable bonds is 4. The molecule has 3 rings (SSSR count). The van der Waals surface area contributed by atoms with Crippen molar-refractivity contribution < 1.29 is 19.8 Å². The van der Waals surface area contributed by atoms with Crippen LogP contribution in [0.5, 0.6) is 5.75 Å². The van der Waals surface area contributed by atoms with E-state index in [1.165, 1.54) is 12.1 Å². The lowest BCUT2D eigenvalue weighted by Crippen LogP contribution is -2.44. The summed E-state index contributed by atoms with van der Waals surface area (Å²) in [4.78, 5) is 25.1. The standard InChI is InChI=1S/C17H22ClN3O4/c18-11-1-2-15(22)13(7-11)17(25)21-5-3-10(4-6-21)14-8-12(19-20-14)9-16(23)24/h1-2,7,10,12,14,19-20,22H,3-6,8-9H2,(H,23,24). The van der Waals surface area contributed by atoms with Crippen LogP contribution in [0.4, 0.5) is 0 Å². The van der Waals surface area contributed by atoms with Gasteiger partial charge in [0.1, 0.15) is 5.75 Å². The number of hydrogen-bond donors (Lipinski definition) is 4. The summed E-state index contributed by atoms with van der Waals surface area (Å²) in [6, 6.07) is 4.64. The van der Waals surface area contributed by atoms with E-state index in [2.05, 4.69) is 10.9 Å². The molecule has 0 saturated carbocycles. The quantitative estimate of drug-likeness (QED) is 0.645. The van der Waals surface area contributed by atoms with Gasteiger partial charge in [0, 0.05) is 30.2 Å². The third kappa shape index (κ3) is 4.23. The fourth-order valence-corrected chi connectivity index (χ4v) is 3.83. The Bertz CT molecular complexity index is 661. The van der Waals surface area contributed by atoms with Crippen molar-refractivity contribution in [1.29, 1.82) is 0 Å². The van der Waals surface area contributed by atoms with Crippen molar-refractivity contribution >= 4 is 23.5 Å². The Labute approximate surface area is 150 Å². The number of aliphatic carboxylic acids is 1. The SMILES string of the molecule is O=C(O)CC1CC(C2CCN(C(=O)c3cc(Cl)ccc3O)CC2)NN1. The number of phenols is 1. The largest absolute Gasteiger partial charge is 0.507 e. The second-order valence-electron chi connectivity index (χ2n) is 6.72. The number of nitrogens with one attached hydrogen (secondary N) is 2. The molecular formula is C17H22ClN3O4. The molecule has 2 aliphatic heterocycles. The maximum Gasteiger partial charge on any atom is 0.304 e. The molecule has 1 aromatic carbocycles. The molecule has 2 atom stereocenters. The average molecular weight is 368 g/mol. The molecule has 25 heavy (non-hydrogen) atoms. The lowest BCUT2D eigenvalue weighted by Gasteiger charge is -2.34. The van der Waals surface area contributed by atoms with E-state index in [1.807, 2.05) is 0 Å². The molecule has 0 radical (unpaired) electrons. The van der Waals surface area contributed by atoms with Crippen molar-refractivity contribution in [2.45, 2.75) is 37.8 Å². The van der Waals surface area contributed by atoms with Crippen molar-refractivity contribution in [3.8, 4) is 5.75 Å². The van der Waals surface area contributed by atoms with Gasteiger partial charge in [0.2, 0.25) is 0 Å². The normalized spacial score (nSPS) is 24.4. The maximum atomic E-state index is 12.6. The second-order valence-corrected chi connectivity index (χ2v) is 7.15. The van der Waals surface area contributed by atoms with Gasteiger partial charge < -0.3 is 15.1 Å². The summed E-state index contributed by atoms with van der Waals surface area (Å²) in [6.07, 6.45) is 2.56. The van der Waals surface area contributed by atoms with Crippen LogP contribution >= 0.6 is 11.6 Å². The smallest absolute Gasteiger partial charge is 0.304 e. The third-order valence-corrected chi connectivity index (χ3v) is 5.25. The number of nitrogens with zero attached hydrogens (tertiary/aromatic N) is 1. The van der Waals surface area contributed by atoms with Gasteiger partial charge in [-0.2, -0.15) is 0 Å². The summed E-state index contributed by atoms with van der Waals surface area (Å²) >= 11 is 5.92. The lowest BCUT2D eigenvalue weighted by atomic mass is 9.87. The number of hydrogen-bond acceptors (Lipinski definition) is 5. The number of hydrazine groups is 1. The molecule has 1 aromatic rings. The van der Waals surface area contributed by atoms with E-state index in [0.717, 1.165) is 19.3 Å². The number of carbonyl (C=O) groups is 2. The number of aromatic hydroxyl groups is 1. The molecule has 0 aliphatic carbocycles. The van der Waals surface area contributed by atoms with Crippen LogP contribution in [0.25, 0.3) is 0 Å². The molecule has 0 bridgehead atoms. The molecule has 2 saturated heterocycles. The number of piperidine rings is 1. The Morgan fingerprint density at radius 2 is 1.96 bits per heavy atom. The van der Waals surface area contributed by atoms with Gasteiger partial charge in [0.25, 0.3) is 5.91 Å². The van der Waals surface area contributed by atoms with Gasteiger partial charge in [0.05, 0.1) is 12.0 Å².